The minimum absolute atomic E-state index is 0.0458. The van der Waals surface area contributed by atoms with E-state index in [4.69, 9.17) is 0 Å². The number of aromatic nitrogens is 1. The Labute approximate surface area is 176 Å². The van der Waals surface area contributed by atoms with Gasteiger partial charge in [-0.2, -0.15) is 0 Å². The van der Waals surface area contributed by atoms with Crippen LogP contribution in [0.15, 0.2) is 60.9 Å². The average Bonchev–Trinajstić information content (AvgIpc) is 2.77. The van der Waals surface area contributed by atoms with Crippen molar-refractivity contribution in [2.75, 3.05) is 0 Å². The molecule has 1 amide bonds. The van der Waals surface area contributed by atoms with Crippen LogP contribution in [0.4, 0.5) is 0 Å². The van der Waals surface area contributed by atoms with E-state index in [1.165, 1.54) is 0 Å². The third kappa shape index (κ3) is 5.32. The van der Waals surface area contributed by atoms with Crippen LogP contribution in [0, 0.1) is 6.92 Å². The van der Waals surface area contributed by atoms with Gasteiger partial charge in [-0.15, -0.1) is 0 Å². The van der Waals surface area contributed by atoms with E-state index in [1.54, 1.807) is 18.5 Å². The number of ketones is 1. The SMILES string of the molecule is CCc1cc(-c2ccc(C(=O)CCC(=O)NCc3cccnc3)c(C)c2)ccc1O. The van der Waals surface area contributed by atoms with Crippen LogP contribution in [0.2, 0.25) is 0 Å². The van der Waals surface area contributed by atoms with E-state index in [0.29, 0.717) is 17.9 Å². The van der Waals surface area contributed by atoms with Crippen LogP contribution < -0.4 is 5.32 Å². The number of phenols is 1. The van der Waals surface area contributed by atoms with Gasteiger partial charge in [0.25, 0.3) is 0 Å². The summed E-state index contributed by atoms with van der Waals surface area (Å²) in [5.74, 6) is 0.0970. The Morgan fingerprint density at radius 1 is 1.03 bits per heavy atom. The number of benzene rings is 2. The zero-order valence-electron chi connectivity index (χ0n) is 17.3. The summed E-state index contributed by atoms with van der Waals surface area (Å²) >= 11 is 0. The van der Waals surface area contributed by atoms with E-state index in [1.807, 2.05) is 56.3 Å². The quantitative estimate of drug-likeness (QED) is 0.540. The van der Waals surface area contributed by atoms with E-state index < -0.39 is 0 Å². The Kier molecular flexibility index (Phi) is 6.96. The van der Waals surface area contributed by atoms with Crippen molar-refractivity contribution in [2.24, 2.45) is 0 Å². The first-order valence-electron chi connectivity index (χ1n) is 10.1. The second kappa shape index (κ2) is 9.83. The van der Waals surface area contributed by atoms with Crippen molar-refractivity contribution in [1.29, 1.82) is 0 Å². The number of hydrogen-bond acceptors (Lipinski definition) is 4. The molecule has 3 aromatic rings. The molecule has 0 aliphatic carbocycles. The number of aromatic hydroxyl groups is 1. The van der Waals surface area contributed by atoms with Crippen LogP contribution in [0.25, 0.3) is 11.1 Å². The Morgan fingerprint density at radius 2 is 1.80 bits per heavy atom. The Balaban J connectivity index is 1.60. The molecule has 5 heteroatoms. The molecule has 0 unspecified atom stereocenters. The molecule has 0 aliphatic rings. The molecule has 0 saturated heterocycles. The van der Waals surface area contributed by atoms with Crippen LogP contribution in [0.3, 0.4) is 0 Å². The van der Waals surface area contributed by atoms with Gasteiger partial charge in [-0.1, -0.05) is 37.3 Å². The van der Waals surface area contributed by atoms with Gasteiger partial charge in [-0.05, 0) is 59.4 Å². The molecule has 0 spiro atoms. The maximum atomic E-state index is 12.6. The number of Topliss-reactive ketones (excluding diaryl/α,β-unsaturated/α-hetero) is 1. The summed E-state index contributed by atoms with van der Waals surface area (Å²) in [6.07, 6.45) is 4.45. The molecule has 3 rings (SSSR count). The number of rotatable bonds is 8. The monoisotopic (exact) mass is 402 g/mol. The number of aryl methyl sites for hydroxylation is 2. The van der Waals surface area contributed by atoms with Crippen LogP contribution in [-0.2, 0) is 17.8 Å². The Bertz CT molecular complexity index is 1050. The lowest BCUT2D eigenvalue weighted by Gasteiger charge is -2.10. The highest BCUT2D eigenvalue weighted by Crippen LogP contribution is 2.28. The summed E-state index contributed by atoms with van der Waals surface area (Å²) in [6.45, 7) is 4.31. The van der Waals surface area contributed by atoms with E-state index in [2.05, 4.69) is 10.3 Å². The normalized spacial score (nSPS) is 10.6. The third-order valence-electron chi connectivity index (χ3n) is 5.11. The third-order valence-corrected chi connectivity index (χ3v) is 5.11. The molecule has 1 heterocycles. The van der Waals surface area contributed by atoms with Crippen molar-refractivity contribution in [2.45, 2.75) is 39.7 Å². The Hall–Kier alpha value is -3.47. The molecular formula is C25H26N2O3. The van der Waals surface area contributed by atoms with Crippen molar-refractivity contribution in [3.63, 3.8) is 0 Å². The zero-order valence-corrected chi connectivity index (χ0v) is 17.3. The van der Waals surface area contributed by atoms with E-state index >= 15 is 0 Å². The van der Waals surface area contributed by atoms with Gasteiger partial charge >= 0.3 is 0 Å². The minimum atomic E-state index is -0.155. The van der Waals surface area contributed by atoms with Crippen LogP contribution in [-0.4, -0.2) is 21.8 Å². The first-order chi connectivity index (χ1) is 14.5. The van der Waals surface area contributed by atoms with Crippen LogP contribution in [0.1, 0.15) is 46.8 Å². The molecule has 2 aromatic carbocycles. The molecule has 0 saturated carbocycles. The maximum absolute atomic E-state index is 12.6. The standard InChI is InChI=1S/C25H26N2O3/c1-3-19-14-21(7-9-23(19)28)20-6-8-22(17(2)13-20)24(29)10-11-25(30)27-16-18-5-4-12-26-15-18/h4-9,12-15,28H,3,10-11,16H2,1-2H3,(H,27,30). The summed E-state index contributed by atoms with van der Waals surface area (Å²) in [5.41, 5.74) is 5.31. The van der Waals surface area contributed by atoms with Crippen molar-refractivity contribution in [3.05, 3.63) is 83.2 Å². The fourth-order valence-corrected chi connectivity index (χ4v) is 3.36. The summed E-state index contributed by atoms with van der Waals surface area (Å²) < 4.78 is 0. The topological polar surface area (TPSA) is 79.3 Å². The number of nitrogens with one attached hydrogen (secondary N) is 1. The zero-order chi connectivity index (χ0) is 21.5. The van der Waals surface area contributed by atoms with Crippen molar-refractivity contribution < 1.29 is 14.7 Å². The highest BCUT2D eigenvalue weighted by atomic mass is 16.3. The van der Waals surface area contributed by atoms with Gasteiger partial charge in [0.1, 0.15) is 5.75 Å². The van der Waals surface area contributed by atoms with Crippen molar-refractivity contribution in [1.82, 2.24) is 10.3 Å². The number of hydrogen-bond donors (Lipinski definition) is 2. The van der Waals surface area contributed by atoms with Gasteiger partial charge in [-0.3, -0.25) is 14.6 Å². The van der Waals surface area contributed by atoms with Gasteiger partial charge in [0.05, 0.1) is 0 Å². The molecule has 1 aromatic heterocycles. The lowest BCUT2D eigenvalue weighted by atomic mass is 9.95. The maximum Gasteiger partial charge on any atom is 0.220 e. The molecule has 0 aliphatic heterocycles. The predicted molar refractivity (Wildman–Crippen MR) is 117 cm³/mol. The summed E-state index contributed by atoms with van der Waals surface area (Å²) in [4.78, 5) is 28.7. The fourth-order valence-electron chi connectivity index (χ4n) is 3.36. The first-order valence-corrected chi connectivity index (χ1v) is 10.1. The predicted octanol–water partition coefficient (Wildman–Crippen LogP) is 4.60. The second-order valence-corrected chi connectivity index (χ2v) is 7.29. The number of phenolic OH excluding ortho intramolecular Hbond substituents is 1. The summed E-state index contributed by atoms with van der Waals surface area (Å²) in [5, 5.41) is 12.7. The smallest absolute Gasteiger partial charge is 0.220 e. The van der Waals surface area contributed by atoms with Gasteiger partial charge in [-0.25, -0.2) is 0 Å². The molecule has 0 radical (unpaired) electrons. The minimum Gasteiger partial charge on any atom is -0.508 e. The lowest BCUT2D eigenvalue weighted by Crippen LogP contribution is -2.23. The molecule has 30 heavy (non-hydrogen) atoms. The molecule has 5 nitrogen and oxygen atoms in total. The van der Waals surface area contributed by atoms with Gasteiger partial charge in [0.2, 0.25) is 5.91 Å². The average molecular weight is 402 g/mol. The van der Waals surface area contributed by atoms with Crippen LogP contribution in [0.5, 0.6) is 5.75 Å². The largest absolute Gasteiger partial charge is 0.508 e. The van der Waals surface area contributed by atoms with Crippen molar-refractivity contribution >= 4 is 11.7 Å². The number of carbonyl (C=O) groups excluding carboxylic acids is 2. The van der Waals surface area contributed by atoms with Gasteiger partial charge < -0.3 is 10.4 Å². The van der Waals surface area contributed by atoms with Crippen molar-refractivity contribution in [3.8, 4) is 16.9 Å². The molecule has 0 bridgehead atoms. The van der Waals surface area contributed by atoms with E-state index in [-0.39, 0.29) is 24.5 Å². The summed E-state index contributed by atoms with van der Waals surface area (Å²) in [6, 6.07) is 15.0. The molecule has 0 atom stereocenters. The molecule has 154 valence electrons. The molecule has 0 fully saturated rings. The number of nitrogens with zero attached hydrogens (tertiary/aromatic N) is 1. The van der Waals surface area contributed by atoms with E-state index in [9.17, 15) is 14.7 Å². The highest BCUT2D eigenvalue weighted by molar-refractivity contribution is 5.99. The van der Waals surface area contributed by atoms with Crippen LogP contribution >= 0.6 is 0 Å². The van der Waals surface area contributed by atoms with Gasteiger partial charge in [0, 0.05) is 37.3 Å². The number of carbonyl (C=O) groups is 2. The first kappa shape index (κ1) is 21.2. The fraction of sp³-hybridized carbons (Fsp3) is 0.240. The highest BCUT2D eigenvalue weighted by Gasteiger charge is 2.13. The number of amides is 1. The molecule has 2 N–H and O–H groups in total. The Morgan fingerprint density at radius 3 is 2.50 bits per heavy atom. The second-order valence-electron chi connectivity index (χ2n) is 7.29. The van der Waals surface area contributed by atoms with E-state index in [0.717, 1.165) is 34.2 Å². The van der Waals surface area contributed by atoms with Gasteiger partial charge in [0.15, 0.2) is 5.78 Å². The summed E-state index contributed by atoms with van der Waals surface area (Å²) in [7, 11) is 0. The molecular weight excluding hydrogens is 376 g/mol. The lowest BCUT2D eigenvalue weighted by molar-refractivity contribution is -0.121. The number of pyridine rings is 1.